The predicted molar refractivity (Wildman–Crippen MR) is 58.1 cm³/mol. The summed E-state index contributed by atoms with van der Waals surface area (Å²) in [4.78, 5) is 2.57. The molecule has 1 N–H and O–H groups in total. The molecule has 3 unspecified atom stereocenters. The monoisotopic (exact) mass is 197 g/mol. The van der Waals surface area contributed by atoms with E-state index in [2.05, 4.69) is 18.7 Å². The average Bonchev–Trinajstić information content (AvgIpc) is 2.09. The quantitative estimate of drug-likeness (QED) is 0.729. The second-order valence-electron chi connectivity index (χ2n) is 5.42. The summed E-state index contributed by atoms with van der Waals surface area (Å²) in [6.07, 6.45) is 4.15. The molecule has 0 amide bonds. The van der Waals surface area contributed by atoms with Crippen LogP contribution in [0.15, 0.2) is 0 Å². The van der Waals surface area contributed by atoms with Gasteiger partial charge in [-0.25, -0.2) is 0 Å². The van der Waals surface area contributed by atoms with Crippen LogP contribution in [0.4, 0.5) is 0 Å². The van der Waals surface area contributed by atoms with Gasteiger partial charge in [0.1, 0.15) is 0 Å². The Morgan fingerprint density at radius 2 is 1.86 bits per heavy atom. The number of nitrogens with zero attached hydrogens (tertiary/aromatic N) is 1. The SMILES string of the molecule is CC1CCC(N2CC(CO)C2)CC1C. The molecule has 82 valence electrons. The lowest BCUT2D eigenvalue weighted by atomic mass is 9.77. The van der Waals surface area contributed by atoms with E-state index in [-0.39, 0.29) is 0 Å². The molecule has 1 aliphatic carbocycles. The van der Waals surface area contributed by atoms with Gasteiger partial charge in [0.25, 0.3) is 0 Å². The van der Waals surface area contributed by atoms with Crippen LogP contribution >= 0.6 is 0 Å². The van der Waals surface area contributed by atoms with E-state index in [9.17, 15) is 0 Å². The Balaban J connectivity index is 1.78. The number of aliphatic hydroxyl groups is 1. The van der Waals surface area contributed by atoms with Gasteiger partial charge in [-0.05, 0) is 31.1 Å². The summed E-state index contributed by atoms with van der Waals surface area (Å²) in [5.74, 6) is 2.38. The fraction of sp³-hybridized carbons (Fsp3) is 1.00. The largest absolute Gasteiger partial charge is 0.396 e. The molecule has 3 atom stereocenters. The molecule has 14 heavy (non-hydrogen) atoms. The van der Waals surface area contributed by atoms with Gasteiger partial charge in [0.2, 0.25) is 0 Å². The maximum atomic E-state index is 8.97. The van der Waals surface area contributed by atoms with Crippen molar-refractivity contribution in [1.82, 2.24) is 4.90 Å². The molecule has 1 saturated heterocycles. The molecule has 2 nitrogen and oxygen atoms in total. The van der Waals surface area contributed by atoms with Crippen LogP contribution in [0.1, 0.15) is 33.1 Å². The van der Waals surface area contributed by atoms with Gasteiger partial charge < -0.3 is 5.11 Å². The molecule has 2 fully saturated rings. The molecule has 0 radical (unpaired) electrons. The molecule has 0 aromatic rings. The van der Waals surface area contributed by atoms with E-state index in [1.54, 1.807) is 0 Å². The van der Waals surface area contributed by atoms with Crippen LogP contribution in [0.2, 0.25) is 0 Å². The smallest absolute Gasteiger partial charge is 0.0483 e. The van der Waals surface area contributed by atoms with E-state index in [1.165, 1.54) is 19.3 Å². The molecule has 0 aromatic heterocycles. The first-order valence-electron chi connectivity index (χ1n) is 6.05. The lowest BCUT2D eigenvalue weighted by molar-refractivity contribution is -0.00644. The number of rotatable bonds is 2. The zero-order chi connectivity index (χ0) is 10.1. The Labute approximate surface area is 87.3 Å². The zero-order valence-corrected chi connectivity index (χ0v) is 9.45. The first-order valence-corrected chi connectivity index (χ1v) is 6.05. The van der Waals surface area contributed by atoms with Crippen LogP contribution in [0.3, 0.4) is 0 Å². The molecule has 1 saturated carbocycles. The van der Waals surface area contributed by atoms with E-state index in [0.717, 1.165) is 31.0 Å². The maximum absolute atomic E-state index is 8.97. The fourth-order valence-corrected chi connectivity index (χ4v) is 2.87. The lowest BCUT2D eigenvalue weighted by Gasteiger charge is -2.47. The molecular weight excluding hydrogens is 174 g/mol. The summed E-state index contributed by atoms with van der Waals surface area (Å²) < 4.78 is 0. The molecule has 0 aromatic carbocycles. The standard InChI is InChI=1S/C12H23NO/c1-9-3-4-12(5-10(9)2)13-6-11(7-13)8-14/h9-12,14H,3-8H2,1-2H3. The van der Waals surface area contributed by atoms with Gasteiger partial charge in [0, 0.05) is 31.7 Å². The minimum Gasteiger partial charge on any atom is -0.396 e. The van der Waals surface area contributed by atoms with Crippen molar-refractivity contribution in [2.24, 2.45) is 17.8 Å². The number of likely N-dealkylation sites (tertiary alicyclic amines) is 1. The van der Waals surface area contributed by atoms with Crippen molar-refractivity contribution >= 4 is 0 Å². The summed E-state index contributed by atoms with van der Waals surface area (Å²) in [7, 11) is 0. The number of hydrogen-bond donors (Lipinski definition) is 1. The van der Waals surface area contributed by atoms with E-state index < -0.39 is 0 Å². The number of hydrogen-bond acceptors (Lipinski definition) is 2. The topological polar surface area (TPSA) is 23.5 Å². The Kier molecular flexibility index (Phi) is 3.13. The summed E-state index contributed by atoms with van der Waals surface area (Å²) >= 11 is 0. The van der Waals surface area contributed by atoms with Gasteiger partial charge >= 0.3 is 0 Å². The maximum Gasteiger partial charge on any atom is 0.0483 e. The van der Waals surface area contributed by atoms with Crippen molar-refractivity contribution in [2.45, 2.75) is 39.2 Å². The highest BCUT2D eigenvalue weighted by Gasteiger charge is 2.35. The van der Waals surface area contributed by atoms with Crippen molar-refractivity contribution < 1.29 is 5.11 Å². The van der Waals surface area contributed by atoms with Gasteiger partial charge in [0.15, 0.2) is 0 Å². The highest BCUT2D eigenvalue weighted by molar-refractivity contribution is 4.89. The van der Waals surface area contributed by atoms with Gasteiger partial charge in [-0.1, -0.05) is 13.8 Å². The van der Waals surface area contributed by atoms with Crippen LogP contribution in [0, 0.1) is 17.8 Å². The molecule has 2 heteroatoms. The Morgan fingerprint density at radius 1 is 1.14 bits per heavy atom. The first kappa shape index (κ1) is 10.4. The number of aliphatic hydroxyl groups excluding tert-OH is 1. The van der Waals surface area contributed by atoms with Crippen LogP contribution in [0.5, 0.6) is 0 Å². The van der Waals surface area contributed by atoms with Crippen LogP contribution in [-0.2, 0) is 0 Å². The van der Waals surface area contributed by atoms with Gasteiger partial charge in [-0.3, -0.25) is 4.90 Å². The van der Waals surface area contributed by atoms with Gasteiger partial charge in [0.05, 0.1) is 0 Å². The molecular formula is C12H23NO. The second kappa shape index (κ2) is 4.19. The molecule has 2 rings (SSSR count). The summed E-state index contributed by atoms with van der Waals surface area (Å²) in [5.41, 5.74) is 0. The first-order chi connectivity index (χ1) is 6.70. The van der Waals surface area contributed by atoms with Crippen LogP contribution in [0.25, 0.3) is 0 Å². The second-order valence-corrected chi connectivity index (χ2v) is 5.42. The fourth-order valence-electron chi connectivity index (χ4n) is 2.87. The van der Waals surface area contributed by atoms with Crippen LogP contribution in [-0.4, -0.2) is 35.7 Å². The third-order valence-corrected chi connectivity index (χ3v) is 4.33. The van der Waals surface area contributed by atoms with Crippen LogP contribution < -0.4 is 0 Å². The highest BCUT2D eigenvalue weighted by atomic mass is 16.3. The molecule has 1 heterocycles. The highest BCUT2D eigenvalue weighted by Crippen LogP contribution is 2.34. The summed E-state index contributed by atoms with van der Waals surface area (Å²) in [6.45, 7) is 7.44. The van der Waals surface area contributed by atoms with Crippen molar-refractivity contribution in [3.63, 3.8) is 0 Å². The third kappa shape index (κ3) is 1.96. The Bertz CT molecular complexity index is 189. The third-order valence-electron chi connectivity index (χ3n) is 4.33. The predicted octanol–water partition coefficient (Wildman–Crippen LogP) is 1.74. The van der Waals surface area contributed by atoms with Gasteiger partial charge in [-0.2, -0.15) is 0 Å². The van der Waals surface area contributed by atoms with E-state index in [0.29, 0.717) is 12.5 Å². The Hall–Kier alpha value is -0.0800. The normalized spacial score (nSPS) is 40.9. The van der Waals surface area contributed by atoms with Crippen molar-refractivity contribution in [3.8, 4) is 0 Å². The average molecular weight is 197 g/mol. The summed E-state index contributed by atoms with van der Waals surface area (Å²) in [5, 5.41) is 8.97. The van der Waals surface area contributed by atoms with Crippen molar-refractivity contribution in [3.05, 3.63) is 0 Å². The van der Waals surface area contributed by atoms with Crippen molar-refractivity contribution in [2.75, 3.05) is 19.7 Å². The Morgan fingerprint density at radius 3 is 2.43 bits per heavy atom. The van der Waals surface area contributed by atoms with E-state index in [4.69, 9.17) is 5.11 Å². The molecule has 0 bridgehead atoms. The van der Waals surface area contributed by atoms with E-state index in [1.807, 2.05) is 0 Å². The minimum atomic E-state index is 0.384. The van der Waals surface area contributed by atoms with Crippen molar-refractivity contribution in [1.29, 1.82) is 0 Å². The molecule has 0 spiro atoms. The molecule has 2 aliphatic rings. The minimum absolute atomic E-state index is 0.384. The summed E-state index contributed by atoms with van der Waals surface area (Å²) in [6, 6.07) is 0.823. The zero-order valence-electron chi connectivity index (χ0n) is 9.45. The van der Waals surface area contributed by atoms with Gasteiger partial charge in [-0.15, -0.1) is 0 Å². The molecule has 1 aliphatic heterocycles. The van der Waals surface area contributed by atoms with E-state index >= 15 is 0 Å². The lowest BCUT2D eigenvalue weighted by Crippen LogP contribution is -2.54.